The van der Waals surface area contributed by atoms with E-state index < -0.39 is 7.12 Å². The summed E-state index contributed by atoms with van der Waals surface area (Å²) in [5.74, 6) is 1.01. The van der Waals surface area contributed by atoms with E-state index in [2.05, 4.69) is 0 Å². The lowest BCUT2D eigenvalue weighted by Gasteiger charge is -2.42. The van der Waals surface area contributed by atoms with Gasteiger partial charge in [0, 0.05) is 17.4 Å². The normalized spacial score (nSPS) is 19.5. The van der Waals surface area contributed by atoms with E-state index in [1.54, 1.807) is 0 Å². The van der Waals surface area contributed by atoms with E-state index in [1.807, 2.05) is 12.1 Å². The fraction of sp³-hybridized carbons (Fsp3) is 0.500. The highest BCUT2D eigenvalue weighted by molar-refractivity contribution is 6.60. The summed E-state index contributed by atoms with van der Waals surface area (Å²) in [6.45, 7) is 0.625. The van der Waals surface area contributed by atoms with Crippen molar-refractivity contribution in [2.75, 3.05) is 13.3 Å². The van der Waals surface area contributed by atoms with Gasteiger partial charge in [-0.05, 0) is 24.5 Å². The molecule has 1 aliphatic carbocycles. The molecule has 0 amide bonds. The zero-order valence-electron chi connectivity index (χ0n) is 10.1. The number of fused-ring (bicyclic) bond motifs is 1. The second-order valence-corrected chi connectivity index (χ2v) is 4.97. The van der Waals surface area contributed by atoms with Gasteiger partial charge in [-0.25, -0.2) is 0 Å². The van der Waals surface area contributed by atoms with E-state index >= 15 is 0 Å². The molecular formula is C12H16BNO4. The summed E-state index contributed by atoms with van der Waals surface area (Å²) in [4.78, 5) is 0. The molecule has 3 rings (SSSR count). The maximum Gasteiger partial charge on any atom is 0.492 e. The van der Waals surface area contributed by atoms with Crippen LogP contribution >= 0.6 is 0 Å². The number of benzene rings is 1. The van der Waals surface area contributed by atoms with E-state index in [0.717, 1.165) is 24.8 Å². The van der Waals surface area contributed by atoms with Gasteiger partial charge >= 0.3 is 7.12 Å². The molecule has 1 saturated carbocycles. The average Bonchev–Trinajstić information content (AvgIpc) is 2.75. The Morgan fingerprint density at radius 1 is 1.28 bits per heavy atom. The van der Waals surface area contributed by atoms with Gasteiger partial charge in [0.05, 0.1) is 0 Å². The number of rotatable bonds is 3. The van der Waals surface area contributed by atoms with E-state index in [-0.39, 0.29) is 12.2 Å². The van der Waals surface area contributed by atoms with E-state index in [9.17, 15) is 10.0 Å². The second kappa shape index (κ2) is 4.15. The number of ether oxygens (including phenoxy) is 2. The molecular weight excluding hydrogens is 233 g/mol. The van der Waals surface area contributed by atoms with Gasteiger partial charge in [-0.2, -0.15) is 0 Å². The van der Waals surface area contributed by atoms with E-state index in [4.69, 9.17) is 15.2 Å². The van der Waals surface area contributed by atoms with Gasteiger partial charge in [-0.15, -0.1) is 0 Å². The zero-order valence-corrected chi connectivity index (χ0v) is 10.1. The maximum atomic E-state index is 9.63. The van der Waals surface area contributed by atoms with Gasteiger partial charge in [0.2, 0.25) is 6.79 Å². The molecule has 18 heavy (non-hydrogen) atoms. The molecule has 6 heteroatoms. The first-order valence-corrected chi connectivity index (χ1v) is 6.17. The molecule has 0 radical (unpaired) electrons. The van der Waals surface area contributed by atoms with Gasteiger partial charge in [0.1, 0.15) is 0 Å². The van der Waals surface area contributed by atoms with Crippen LogP contribution in [0.4, 0.5) is 0 Å². The summed E-state index contributed by atoms with van der Waals surface area (Å²) in [6, 6.07) is 3.70. The van der Waals surface area contributed by atoms with Gasteiger partial charge in [0.25, 0.3) is 0 Å². The van der Waals surface area contributed by atoms with Crippen molar-refractivity contribution in [1.29, 1.82) is 0 Å². The topological polar surface area (TPSA) is 84.9 Å². The zero-order chi connectivity index (χ0) is 12.8. The quantitative estimate of drug-likeness (QED) is 0.627. The van der Waals surface area contributed by atoms with Crippen LogP contribution in [0.5, 0.6) is 11.5 Å². The minimum atomic E-state index is -1.57. The summed E-state index contributed by atoms with van der Waals surface area (Å²) < 4.78 is 10.6. The minimum absolute atomic E-state index is 0.119. The molecule has 4 N–H and O–H groups in total. The maximum absolute atomic E-state index is 9.63. The Balaban J connectivity index is 2.15. The molecule has 1 aromatic carbocycles. The molecule has 0 atom stereocenters. The summed E-state index contributed by atoms with van der Waals surface area (Å²) in [7, 11) is -1.57. The van der Waals surface area contributed by atoms with Gasteiger partial charge in [0.15, 0.2) is 11.5 Å². The number of nitrogens with two attached hydrogens (primary N) is 1. The summed E-state index contributed by atoms with van der Waals surface area (Å²) >= 11 is 0. The molecule has 0 spiro atoms. The summed E-state index contributed by atoms with van der Waals surface area (Å²) in [5.41, 5.74) is 7.04. The molecule has 0 saturated heterocycles. The fourth-order valence-electron chi connectivity index (χ4n) is 2.90. The van der Waals surface area contributed by atoms with Crippen molar-refractivity contribution in [1.82, 2.24) is 0 Å². The molecule has 1 fully saturated rings. The van der Waals surface area contributed by atoms with Gasteiger partial charge < -0.3 is 25.3 Å². The third-order valence-corrected chi connectivity index (χ3v) is 4.11. The first-order chi connectivity index (χ1) is 8.68. The molecule has 0 unspecified atom stereocenters. The third kappa shape index (κ3) is 1.53. The van der Waals surface area contributed by atoms with Crippen molar-refractivity contribution in [3.05, 3.63) is 17.7 Å². The summed E-state index contributed by atoms with van der Waals surface area (Å²) in [6.07, 6.45) is 3.07. The van der Waals surface area contributed by atoms with Crippen LogP contribution in [-0.2, 0) is 5.41 Å². The molecule has 1 aromatic rings. The van der Waals surface area contributed by atoms with Crippen LogP contribution in [0.3, 0.4) is 0 Å². The highest BCUT2D eigenvalue weighted by Crippen LogP contribution is 2.44. The van der Waals surface area contributed by atoms with Crippen molar-refractivity contribution in [3.8, 4) is 11.5 Å². The molecule has 2 aliphatic rings. The van der Waals surface area contributed by atoms with Crippen LogP contribution in [0.15, 0.2) is 12.1 Å². The van der Waals surface area contributed by atoms with Crippen LogP contribution < -0.4 is 20.7 Å². The third-order valence-electron chi connectivity index (χ3n) is 4.11. The van der Waals surface area contributed by atoms with Crippen LogP contribution in [0.1, 0.15) is 24.8 Å². The second-order valence-electron chi connectivity index (χ2n) is 4.97. The lowest BCUT2D eigenvalue weighted by atomic mass is 9.59. The average molecular weight is 249 g/mol. The van der Waals surface area contributed by atoms with Crippen LogP contribution in [0, 0.1) is 0 Å². The van der Waals surface area contributed by atoms with Gasteiger partial charge in [-0.1, -0.05) is 12.5 Å². The number of hydrogen-bond donors (Lipinski definition) is 3. The highest BCUT2D eigenvalue weighted by Gasteiger charge is 2.42. The van der Waals surface area contributed by atoms with E-state index in [1.165, 1.54) is 0 Å². The predicted octanol–water partition coefficient (Wildman–Crippen LogP) is -0.525. The molecule has 0 aromatic heterocycles. The Morgan fingerprint density at radius 3 is 2.61 bits per heavy atom. The van der Waals surface area contributed by atoms with Crippen molar-refractivity contribution in [3.63, 3.8) is 0 Å². The first-order valence-electron chi connectivity index (χ1n) is 6.17. The largest absolute Gasteiger partial charge is 0.492 e. The van der Waals surface area contributed by atoms with Crippen molar-refractivity contribution >= 4 is 12.6 Å². The Labute approximate surface area is 106 Å². The molecule has 96 valence electrons. The minimum Gasteiger partial charge on any atom is -0.454 e. The standard InChI is InChI=1S/C12H16BNO4/c14-6-12(4-1-5-12)8-2-3-9-11(18-7-17-9)10(8)13(15)16/h2-3,15-16H,1,4-7,14H2. The molecule has 0 bridgehead atoms. The highest BCUT2D eigenvalue weighted by atomic mass is 16.7. The fourth-order valence-corrected chi connectivity index (χ4v) is 2.90. The lowest BCUT2D eigenvalue weighted by Crippen LogP contribution is -2.48. The first kappa shape index (κ1) is 11.8. The van der Waals surface area contributed by atoms with Crippen molar-refractivity contribution in [2.24, 2.45) is 5.73 Å². The van der Waals surface area contributed by atoms with Crippen LogP contribution in [0.2, 0.25) is 0 Å². The smallest absolute Gasteiger partial charge is 0.454 e. The lowest BCUT2D eigenvalue weighted by molar-refractivity contribution is 0.174. The predicted molar refractivity (Wildman–Crippen MR) is 67.0 cm³/mol. The van der Waals surface area contributed by atoms with Crippen molar-refractivity contribution in [2.45, 2.75) is 24.7 Å². The molecule has 5 nitrogen and oxygen atoms in total. The Morgan fingerprint density at radius 2 is 2.06 bits per heavy atom. The summed E-state index contributed by atoms with van der Waals surface area (Å²) in [5, 5.41) is 19.3. The Kier molecular flexibility index (Phi) is 2.73. The number of hydrogen-bond acceptors (Lipinski definition) is 5. The van der Waals surface area contributed by atoms with Crippen LogP contribution in [-0.4, -0.2) is 30.5 Å². The van der Waals surface area contributed by atoms with E-state index in [0.29, 0.717) is 23.5 Å². The van der Waals surface area contributed by atoms with Crippen LogP contribution in [0.25, 0.3) is 0 Å². The van der Waals surface area contributed by atoms with Crippen molar-refractivity contribution < 1.29 is 19.5 Å². The monoisotopic (exact) mass is 249 g/mol. The molecule has 1 heterocycles. The Bertz CT molecular complexity index is 468. The Hall–Kier alpha value is -1.24. The SMILES string of the molecule is NCC1(c2ccc3c(c2B(O)O)OCO3)CCC1. The van der Waals surface area contributed by atoms with Gasteiger partial charge in [-0.3, -0.25) is 0 Å². The molecule has 1 aliphatic heterocycles.